The molecule has 0 aliphatic carbocycles. The summed E-state index contributed by atoms with van der Waals surface area (Å²) in [5.74, 6) is -1.55. The first-order valence-electron chi connectivity index (χ1n) is 8.41. The zero-order valence-electron chi connectivity index (χ0n) is 14.7. The SMILES string of the molecule is O=[N+]([O-])c1ccc(COc2nc3cc(O)c(O)cc3c3ccc(O)c(O)c23)cc1. The third-order valence-electron chi connectivity index (χ3n) is 4.50. The molecule has 0 unspecified atom stereocenters. The van der Waals surface area contributed by atoms with Gasteiger partial charge >= 0.3 is 0 Å². The number of benzene rings is 3. The molecule has 0 bridgehead atoms. The van der Waals surface area contributed by atoms with Crippen LogP contribution in [-0.2, 0) is 6.61 Å². The van der Waals surface area contributed by atoms with Crippen LogP contribution < -0.4 is 4.74 Å². The number of nitrogens with zero attached hydrogens (tertiary/aromatic N) is 2. The lowest BCUT2D eigenvalue weighted by Crippen LogP contribution is -1.99. The van der Waals surface area contributed by atoms with Crippen LogP contribution in [0.5, 0.6) is 28.9 Å². The van der Waals surface area contributed by atoms with Crippen molar-refractivity contribution < 1.29 is 30.1 Å². The Morgan fingerprint density at radius 3 is 2.28 bits per heavy atom. The van der Waals surface area contributed by atoms with Crippen molar-refractivity contribution in [1.82, 2.24) is 4.98 Å². The Morgan fingerprint density at radius 1 is 0.897 bits per heavy atom. The number of aromatic hydroxyl groups is 4. The standard InChI is InChI=1S/C20H14N2O7/c23-15-6-5-12-13-7-16(24)17(25)8-14(13)21-20(18(12)19(15)26)29-9-10-1-3-11(4-2-10)22(27)28/h1-8,23-26H,9H2. The summed E-state index contributed by atoms with van der Waals surface area (Å²) < 4.78 is 5.72. The third kappa shape index (κ3) is 3.14. The minimum atomic E-state index is -0.508. The molecular formula is C20H14N2O7. The van der Waals surface area contributed by atoms with Gasteiger partial charge in [0.05, 0.1) is 15.8 Å². The molecule has 9 heteroatoms. The molecule has 1 heterocycles. The third-order valence-corrected chi connectivity index (χ3v) is 4.50. The Bertz CT molecular complexity index is 1270. The van der Waals surface area contributed by atoms with Crippen molar-refractivity contribution in [3.05, 3.63) is 64.2 Å². The van der Waals surface area contributed by atoms with E-state index in [4.69, 9.17) is 4.74 Å². The quantitative estimate of drug-likeness (QED) is 0.177. The normalized spacial score (nSPS) is 11.0. The molecule has 0 radical (unpaired) electrons. The molecule has 3 aromatic carbocycles. The molecule has 1 aromatic heterocycles. The summed E-state index contributed by atoms with van der Waals surface area (Å²) in [6.07, 6.45) is 0. The molecule has 146 valence electrons. The van der Waals surface area contributed by atoms with Gasteiger partial charge in [0, 0.05) is 29.0 Å². The maximum atomic E-state index is 10.8. The van der Waals surface area contributed by atoms with Crippen LogP contribution in [0.25, 0.3) is 21.7 Å². The number of hydrogen-bond donors (Lipinski definition) is 4. The zero-order valence-corrected chi connectivity index (χ0v) is 14.7. The van der Waals surface area contributed by atoms with E-state index in [1.165, 1.54) is 48.5 Å². The highest BCUT2D eigenvalue weighted by atomic mass is 16.6. The predicted octanol–water partition coefficient (Wildman–Crippen LogP) is 3.70. The Morgan fingerprint density at radius 2 is 1.59 bits per heavy atom. The van der Waals surface area contributed by atoms with E-state index in [2.05, 4.69) is 4.98 Å². The number of non-ortho nitro benzene ring substituents is 1. The lowest BCUT2D eigenvalue weighted by atomic mass is 10.0. The summed E-state index contributed by atoms with van der Waals surface area (Å²) >= 11 is 0. The highest BCUT2D eigenvalue weighted by Crippen LogP contribution is 2.43. The molecule has 0 amide bonds. The molecule has 0 saturated heterocycles. The van der Waals surface area contributed by atoms with E-state index in [0.717, 1.165) is 0 Å². The minimum absolute atomic E-state index is 0.00916. The van der Waals surface area contributed by atoms with Crippen molar-refractivity contribution in [3.63, 3.8) is 0 Å². The Labute approximate surface area is 162 Å². The molecule has 0 saturated carbocycles. The van der Waals surface area contributed by atoms with Crippen LogP contribution in [-0.4, -0.2) is 30.3 Å². The van der Waals surface area contributed by atoms with E-state index in [9.17, 15) is 30.5 Å². The number of ether oxygens (including phenoxy) is 1. The van der Waals surface area contributed by atoms with Crippen molar-refractivity contribution in [2.24, 2.45) is 0 Å². The van der Waals surface area contributed by atoms with Crippen LogP contribution in [0.15, 0.2) is 48.5 Å². The van der Waals surface area contributed by atoms with Crippen molar-refractivity contribution in [3.8, 4) is 28.9 Å². The molecule has 4 aromatic rings. The first kappa shape index (κ1) is 18.1. The van der Waals surface area contributed by atoms with E-state index >= 15 is 0 Å². The average molecular weight is 394 g/mol. The molecule has 0 atom stereocenters. The lowest BCUT2D eigenvalue weighted by Gasteiger charge is -2.13. The number of nitro groups is 1. The highest BCUT2D eigenvalue weighted by Gasteiger charge is 2.18. The second-order valence-electron chi connectivity index (χ2n) is 6.34. The van der Waals surface area contributed by atoms with Crippen LogP contribution in [0.4, 0.5) is 5.69 Å². The van der Waals surface area contributed by atoms with Gasteiger partial charge in [0.1, 0.15) is 6.61 Å². The fraction of sp³-hybridized carbons (Fsp3) is 0.0500. The van der Waals surface area contributed by atoms with Crippen LogP contribution >= 0.6 is 0 Å². The number of rotatable bonds is 4. The molecule has 9 nitrogen and oxygen atoms in total. The predicted molar refractivity (Wildman–Crippen MR) is 103 cm³/mol. The molecule has 0 fully saturated rings. The number of phenolic OH excluding ortho intramolecular Hbond substituents is 4. The van der Waals surface area contributed by atoms with Gasteiger partial charge in [0.15, 0.2) is 23.0 Å². The fourth-order valence-corrected chi connectivity index (χ4v) is 3.03. The van der Waals surface area contributed by atoms with Gasteiger partial charge in [-0.2, -0.15) is 0 Å². The number of hydrogen-bond acceptors (Lipinski definition) is 8. The van der Waals surface area contributed by atoms with Crippen molar-refractivity contribution in [2.75, 3.05) is 0 Å². The largest absolute Gasteiger partial charge is 0.504 e. The monoisotopic (exact) mass is 394 g/mol. The number of aromatic nitrogens is 1. The summed E-state index contributed by atoms with van der Waals surface area (Å²) in [7, 11) is 0. The Kier molecular flexibility index (Phi) is 4.19. The van der Waals surface area contributed by atoms with Gasteiger partial charge in [0.2, 0.25) is 5.88 Å². The summed E-state index contributed by atoms with van der Waals surface area (Å²) in [5.41, 5.74) is 0.872. The fourth-order valence-electron chi connectivity index (χ4n) is 3.03. The maximum absolute atomic E-state index is 10.8. The van der Waals surface area contributed by atoms with E-state index in [-0.39, 0.29) is 40.8 Å². The molecule has 29 heavy (non-hydrogen) atoms. The molecule has 0 spiro atoms. The highest BCUT2D eigenvalue weighted by molar-refractivity contribution is 6.11. The topological polar surface area (TPSA) is 146 Å². The van der Waals surface area contributed by atoms with Crippen molar-refractivity contribution >= 4 is 27.4 Å². The number of nitro benzene ring substituents is 1. The van der Waals surface area contributed by atoms with Gasteiger partial charge in [-0.1, -0.05) is 0 Å². The molecular weight excluding hydrogens is 380 g/mol. The lowest BCUT2D eigenvalue weighted by molar-refractivity contribution is -0.384. The summed E-state index contributed by atoms with van der Waals surface area (Å²) in [5, 5.41) is 51.6. The van der Waals surface area contributed by atoms with Gasteiger partial charge in [0.25, 0.3) is 5.69 Å². The van der Waals surface area contributed by atoms with E-state index < -0.39 is 10.7 Å². The second-order valence-corrected chi connectivity index (χ2v) is 6.34. The van der Waals surface area contributed by atoms with E-state index in [1.54, 1.807) is 0 Å². The zero-order chi connectivity index (χ0) is 20.7. The summed E-state index contributed by atoms with van der Waals surface area (Å²) in [6, 6.07) is 11.1. The smallest absolute Gasteiger partial charge is 0.269 e. The van der Waals surface area contributed by atoms with Gasteiger partial charge in [-0.05, 0) is 35.9 Å². The van der Waals surface area contributed by atoms with Crippen molar-refractivity contribution in [2.45, 2.75) is 6.61 Å². The van der Waals surface area contributed by atoms with Crippen molar-refractivity contribution in [1.29, 1.82) is 0 Å². The number of fused-ring (bicyclic) bond motifs is 3. The molecule has 0 aliphatic heterocycles. The number of phenols is 4. The van der Waals surface area contributed by atoms with Gasteiger partial charge in [-0.15, -0.1) is 0 Å². The average Bonchev–Trinajstić information content (AvgIpc) is 2.70. The Balaban J connectivity index is 1.82. The van der Waals surface area contributed by atoms with Gasteiger partial charge in [-0.3, -0.25) is 10.1 Å². The minimum Gasteiger partial charge on any atom is -0.504 e. The van der Waals surface area contributed by atoms with E-state index in [1.807, 2.05) is 0 Å². The first-order valence-corrected chi connectivity index (χ1v) is 8.41. The second kappa shape index (κ2) is 6.71. The number of pyridine rings is 1. The van der Waals surface area contributed by atoms with E-state index in [0.29, 0.717) is 21.9 Å². The molecule has 4 N–H and O–H groups in total. The Hall–Kier alpha value is -4.27. The van der Waals surface area contributed by atoms with Gasteiger partial charge < -0.3 is 25.2 Å². The van der Waals surface area contributed by atoms with Gasteiger partial charge in [-0.25, -0.2) is 4.98 Å². The molecule has 0 aliphatic rings. The maximum Gasteiger partial charge on any atom is 0.269 e. The summed E-state index contributed by atoms with van der Waals surface area (Å²) in [6.45, 7) is -0.00916. The van der Waals surface area contributed by atoms with Crippen LogP contribution in [0.1, 0.15) is 5.56 Å². The van der Waals surface area contributed by atoms with Crippen LogP contribution in [0.2, 0.25) is 0 Å². The summed E-state index contributed by atoms with van der Waals surface area (Å²) in [4.78, 5) is 14.5. The van der Waals surface area contributed by atoms with Crippen LogP contribution in [0, 0.1) is 10.1 Å². The first-order chi connectivity index (χ1) is 13.8. The molecule has 4 rings (SSSR count). The van der Waals surface area contributed by atoms with Crippen LogP contribution in [0.3, 0.4) is 0 Å².